The van der Waals surface area contributed by atoms with Gasteiger partial charge in [-0.05, 0) is 66.3 Å². The van der Waals surface area contributed by atoms with Gasteiger partial charge in [-0.3, -0.25) is 9.59 Å². The number of rotatable bonds is 5. The molecule has 5 aromatic rings. The van der Waals surface area contributed by atoms with Gasteiger partial charge in [-0.2, -0.15) is 4.39 Å². The van der Waals surface area contributed by atoms with E-state index in [0.29, 0.717) is 51.8 Å². The number of H-pyrrole nitrogens is 1. The number of nitrogens with one attached hydrogen (secondary N) is 2. The maximum Gasteiger partial charge on any atom is 0.283 e. The topological polar surface area (TPSA) is 110 Å². The van der Waals surface area contributed by atoms with Crippen LogP contribution in [-0.2, 0) is 11.2 Å². The summed E-state index contributed by atoms with van der Waals surface area (Å²) in [7, 11) is 0. The van der Waals surface area contributed by atoms with E-state index in [1.165, 1.54) is 10.7 Å². The average Bonchev–Trinajstić information content (AvgIpc) is 3.28. The van der Waals surface area contributed by atoms with E-state index in [4.69, 9.17) is 11.6 Å². The van der Waals surface area contributed by atoms with Crippen LogP contribution in [-0.4, -0.2) is 35.4 Å². The van der Waals surface area contributed by atoms with Gasteiger partial charge < -0.3 is 14.9 Å². The number of nitrogens with zero attached hydrogens (tertiary/aromatic N) is 5. The Kier molecular flexibility index (Phi) is 5.67. The molecular formula is C30H21ClF3N7O2. The number of halogens is 4. The minimum Gasteiger partial charge on any atom is -0.338 e. The Morgan fingerprint density at radius 2 is 1.88 bits per heavy atom. The number of hydrogen-bond acceptors (Lipinski definition) is 5. The van der Waals surface area contributed by atoms with Crippen LogP contribution >= 0.6 is 11.6 Å². The van der Waals surface area contributed by atoms with Crippen molar-refractivity contribution in [2.24, 2.45) is 5.92 Å². The van der Waals surface area contributed by atoms with Gasteiger partial charge in [-0.1, -0.05) is 22.9 Å². The SMILES string of the molecule is O=C1CCc2cc(-c3[nH]c([C@@H]4[C@H]5C[C@H]5c5cc(-c6cc(Cl)ccc6-n6cc(C(F)F)nn6)cc(=O)n54)nc3F)ccc2N1. The first-order valence-electron chi connectivity index (χ1n) is 13.7. The van der Waals surface area contributed by atoms with Crippen molar-refractivity contribution >= 4 is 23.2 Å². The quantitative estimate of drug-likeness (QED) is 0.264. The van der Waals surface area contributed by atoms with Gasteiger partial charge in [0.25, 0.3) is 12.0 Å². The molecule has 9 nitrogen and oxygen atoms in total. The third-order valence-electron chi connectivity index (χ3n) is 8.50. The predicted molar refractivity (Wildman–Crippen MR) is 151 cm³/mol. The smallest absolute Gasteiger partial charge is 0.283 e. The second-order valence-corrected chi connectivity index (χ2v) is 11.5. The molecule has 0 bridgehead atoms. The van der Waals surface area contributed by atoms with E-state index in [0.717, 1.165) is 23.9 Å². The highest BCUT2D eigenvalue weighted by molar-refractivity contribution is 6.31. The molecule has 8 rings (SSSR count). The molecule has 1 amide bonds. The van der Waals surface area contributed by atoms with Gasteiger partial charge in [0.2, 0.25) is 11.9 Å². The second-order valence-electron chi connectivity index (χ2n) is 11.1. The van der Waals surface area contributed by atoms with Crippen LogP contribution in [0.15, 0.2) is 59.5 Å². The highest BCUT2D eigenvalue weighted by Crippen LogP contribution is 2.60. The minimum atomic E-state index is -2.78. The lowest BCUT2D eigenvalue weighted by molar-refractivity contribution is -0.116. The third-order valence-corrected chi connectivity index (χ3v) is 8.74. The van der Waals surface area contributed by atoms with Crippen molar-refractivity contribution in [1.82, 2.24) is 29.5 Å². The molecular weight excluding hydrogens is 583 g/mol. The molecule has 0 unspecified atom stereocenters. The lowest BCUT2D eigenvalue weighted by atomic mass is 9.99. The first kappa shape index (κ1) is 26.0. The number of carbonyl (C=O) groups excluding carboxylic acids is 1. The molecule has 3 atom stereocenters. The molecule has 2 aromatic carbocycles. The van der Waals surface area contributed by atoms with Crippen LogP contribution in [0.3, 0.4) is 0 Å². The van der Waals surface area contributed by atoms with Gasteiger partial charge in [-0.15, -0.1) is 5.10 Å². The molecule has 216 valence electrons. The van der Waals surface area contributed by atoms with Gasteiger partial charge in [0.1, 0.15) is 17.2 Å². The monoisotopic (exact) mass is 603 g/mol. The molecule has 1 saturated carbocycles. The van der Waals surface area contributed by atoms with Crippen LogP contribution in [0, 0.1) is 11.9 Å². The largest absolute Gasteiger partial charge is 0.338 e. The first-order valence-corrected chi connectivity index (χ1v) is 14.1. The highest BCUT2D eigenvalue weighted by atomic mass is 35.5. The number of pyridine rings is 1. The van der Waals surface area contributed by atoms with Crippen molar-refractivity contribution in [3.8, 4) is 28.1 Å². The van der Waals surface area contributed by atoms with E-state index in [1.807, 2.05) is 12.1 Å². The zero-order valence-corrected chi connectivity index (χ0v) is 22.9. The third kappa shape index (κ3) is 4.19. The van der Waals surface area contributed by atoms with E-state index in [-0.39, 0.29) is 29.0 Å². The number of hydrogen-bond donors (Lipinski definition) is 2. The van der Waals surface area contributed by atoms with Gasteiger partial charge >= 0.3 is 0 Å². The Hall–Kier alpha value is -4.71. The molecule has 1 fully saturated rings. The molecule has 0 saturated heterocycles. The van der Waals surface area contributed by atoms with Crippen molar-refractivity contribution in [1.29, 1.82) is 0 Å². The van der Waals surface area contributed by atoms with Crippen LogP contribution in [0.2, 0.25) is 5.02 Å². The van der Waals surface area contributed by atoms with Crippen molar-refractivity contribution in [2.45, 2.75) is 37.6 Å². The standard InChI is InChI=1S/C30H21ClF3N7O2/c31-16-3-5-22(40-12-21(28(32)33)38-39-40)17(10-16)15-8-23-18-11-19(18)27(41(23)25(43)9-15)30-36-26(29(34)37-30)14-1-4-20-13(7-14)2-6-24(42)35-20/h1,3-5,7-10,12,18-19,27-28H,2,6,11H2,(H,35,42)(H,36,37)/t18-,19+,27+/m1/s1. The zero-order chi connectivity index (χ0) is 29.6. The van der Waals surface area contributed by atoms with Crippen LogP contribution in [0.5, 0.6) is 0 Å². The lowest BCUT2D eigenvalue weighted by Crippen LogP contribution is -2.26. The molecule has 2 N–H and O–H groups in total. The Morgan fingerprint density at radius 3 is 2.70 bits per heavy atom. The van der Waals surface area contributed by atoms with Crippen molar-refractivity contribution in [3.63, 3.8) is 0 Å². The number of alkyl halides is 2. The number of aromatic amines is 1. The van der Waals surface area contributed by atoms with Gasteiger partial charge in [-0.25, -0.2) is 18.4 Å². The fourth-order valence-corrected chi connectivity index (χ4v) is 6.60. The summed E-state index contributed by atoms with van der Waals surface area (Å²) in [6.45, 7) is 0. The van der Waals surface area contributed by atoms with E-state index in [2.05, 4.69) is 25.6 Å². The summed E-state index contributed by atoms with van der Waals surface area (Å²) >= 11 is 6.31. The van der Waals surface area contributed by atoms with Crippen molar-refractivity contribution < 1.29 is 18.0 Å². The Balaban J connectivity index is 1.17. The highest BCUT2D eigenvalue weighted by Gasteiger charge is 2.54. The molecule has 0 spiro atoms. The predicted octanol–water partition coefficient (Wildman–Crippen LogP) is 5.81. The zero-order valence-electron chi connectivity index (χ0n) is 22.2. The number of aromatic nitrogens is 6. The van der Waals surface area contributed by atoms with Crippen molar-refractivity contribution in [3.05, 3.63) is 98.8 Å². The van der Waals surface area contributed by atoms with Crippen LogP contribution < -0.4 is 10.9 Å². The molecule has 13 heteroatoms. The number of benzene rings is 2. The van der Waals surface area contributed by atoms with Crippen LogP contribution in [0.25, 0.3) is 28.1 Å². The minimum absolute atomic E-state index is 0.0476. The summed E-state index contributed by atoms with van der Waals surface area (Å²) in [5.41, 5.74) is 4.03. The van der Waals surface area contributed by atoms with Gasteiger partial charge in [0, 0.05) is 45.9 Å². The Bertz CT molecular complexity index is 2030. The van der Waals surface area contributed by atoms with Crippen LogP contribution in [0.1, 0.15) is 54.0 Å². The summed E-state index contributed by atoms with van der Waals surface area (Å²) < 4.78 is 44.5. The second kappa shape index (κ2) is 9.40. The summed E-state index contributed by atoms with van der Waals surface area (Å²) in [6.07, 6.45) is 0.110. The van der Waals surface area contributed by atoms with Crippen molar-refractivity contribution in [2.75, 3.05) is 5.32 Å². The fraction of sp³-hybridized carbons (Fsp3) is 0.233. The summed E-state index contributed by atoms with van der Waals surface area (Å²) in [6, 6.07) is 13.1. The number of fused-ring (bicyclic) bond motifs is 4. The number of anilines is 1. The van der Waals surface area contributed by atoms with Gasteiger partial charge in [0.15, 0.2) is 0 Å². The number of aryl methyl sites for hydroxylation is 1. The van der Waals surface area contributed by atoms with E-state index < -0.39 is 24.1 Å². The molecule has 43 heavy (non-hydrogen) atoms. The molecule has 2 aliphatic heterocycles. The van der Waals surface area contributed by atoms with E-state index in [1.54, 1.807) is 34.9 Å². The van der Waals surface area contributed by atoms with E-state index >= 15 is 4.39 Å². The van der Waals surface area contributed by atoms with E-state index in [9.17, 15) is 18.4 Å². The van der Waals surface area contributed by atoms with Crippen LogP contribution in [0.4, 0.5) is 18.9 Å². The number of carbonyl (C=O) groups is 1. The first-order chi connectivity index (χ1) is 20.7. The molecule has 3 aliphatic rings. The van der Waals surface area contributed by atoms with Gasteiger partial charge in [0.05, 0.1) is 17.9 Å². The number of imidazole rings is 1. The summed E-state index contributed by atoms with van der Waals surface area (Å²) in [4.78, 5) is 32.7. The Labute approximate surface area is 246 Å². The Morgan fingerprint density at radius 1 is 1.02 bits per heavy atom. The molecule has 1 aliphatic carbocycles. The molecule has 3 aromatic heterocycles. The summed E-state index contributed by atoms with van der Waals surface area (Å²) in [5.74, 6) is -0.188. The lowest BCUT2D eigenvalue weighted by Gasteiger charge is -2.18. The summed E-state index contributed by atoms with van der Waals surface area (Å²) in [5, 5.41) is 10.6. The normalized spacial score (nSPS) is 20.1. The molecule has 0 radical (unpaired) electrons. The molecule has 5 heterocycles. The maximum atomic E-state index is 15.3. The average molecular weight is 604 g/mol. The number of amides is 1. The fourth-order valence-electron chi connectivity index (χ4n) is 6.43. The maximum absolute atomic E-state index is 15.3.